The molecule has 1 aliphatic rings. The molecule has 3 amide bonds. The average molecular weight is 394 g/mol. The first-order valence-electron chi connectivity index (χ1n) is 10.5. The van der Waals surface area contributed by atoms with Crippen molar-refractivity contribution < 1.29 is 9.59 Å². The number of carbonyl (C=O) groups is 2. The van der Waals surface area contributed by atoms with E-state index < -0.39 is 12.1 Å². The van der Waals surface area contributed by atoms with E-state index in [1.165, 1.54) is 12.0 Å². The van der Waals surface area contributed by atoms with Gasteiger partial charge in [-0.15, -0.1) is 0 Å². The van der Waals surface area contributed by atoms with Crippen LogP contribution in [0, 0.1) is 12.8 Å². The standard InChI is InChI=1S/C24H31N3O2/c1-18-6-5-9-21(16-18)22(26-24(25)29)17-23(28)27-14-12-20(13-15-27)11-10-19-7-3-2-4-8-19/h2-9,16,20,22H,10-15,17H2,1H3,(H3,25,26,29). The predicted octanol–water partition coefficient (Wildman–Crippen LogP) is 3.97. The van der Waals surface area contributed by atoms with Gasteiger partial charge in [-0.3, -0.25) is 4.79 Å². The normalized spacial score (nSPS) is 15.7. The van der Waals surface area contributed by atoms with Gasteiger partial charge in [-0.25, -0.2) is 4.79 Å². The zero-order valence-corrected chi connectivity index (χ0v) is 17.1. The van der Waals surface area contributed by atoms with Gasteiger partial charge in [0.2, 0.25) is 5.91 Å². The summed E-state index contributed by atoms with van der Waals surface area (Å²) in [6, 6.07) is 17.4. The molecule has 5 heteroatoms. The molecule has 0 saturated carbocycles. The third-order valence-corrected chi connectivity index (χ3v) is 5.79. The molecule has 1 atom stereocenters. The monoisotopic (exact) mass is 393 g/mol. The van der Waals surface area contributed by atoms with E-state index in [0.717, 1.165) is 43.5 Å². The van der Waals surface area contributed by atoms with Gasteiger partial charge in [0.15, 0.2) is 0 Å². The largest absolute Gasteiger partial charge is 0.352 e. The van der Waals surface area contributed by atoms with E-state index in [4.69, 9.17) is 5.73 Å². The SMILES string of the molecule is Cc1cccc(C(CC(=O)N2CCC(CCc3ccccc3)CC2)NC(N)=O)c1. The fourth-order valence-corrected chi connectivity index (χ4v) is 4.10. The lowest BCUT2D eigenvalue weighted by Crippen LogP contribution is -2.41. The lowest BCUT2D eigenvalue weighted by atomic mass is 9.90. The summed E-state index contributed by atoms with van der Waals surface area (Å²) in [4.78, 5) is 26.2. The van der Waals surface area contributed by atoms with Crippen LogP contribution in [0.2, 0.25) is 0 Å². The van der Waals surface area contributed by atoms with Gasteiger partial charge in [0, 0.05) is 13.1 Å². The maximum absolute atomic E-state index is 12.9. The second kappa shape index (κ2) is 10.1. The molecular weight excluding hydrogens is 362 g/mol. The Morgan fingerprint density at radius 3 is 2.48 bits per heavy atom. The van der Waals surface area contributed by atoms with Crippen LogP contribution < -0.4 is 11.1 Å². The summed E-state index contributed by atoms with van der Waals surface area (Å²) in [5.41, 5.74) is 8.73. The van der Waals surface area contributed by atoms with E-state index in [9.17, 15) is 9.59 Å². The molecule has 0 radical (unpaired) electrons. The third-order valence-electron chi connectivity index (χ3n) is 5.79. The van der Waals surface area contributed by atoms with Gasteiger partial charge < -0.3 is 16.0 Å². The van der Waals surface area contributed by atoms with Gasteiger partial charge in [-0.2, -0.15) is 0 Å². The Kier molecular flexibility index (Phi) is 7.28. The highest BCUT2D eigenvalue weighted by molar-refractivity contribution is 5.79. The molecule has 1 fully saturated rings. The van der Waals surface area contributed by atoms with E-state index in [-0.39, 0.29) is 12.3 Å². The van der Waals surface area contributed by atoms with Crippen LogP contribution in [0.4, 0.5) is 4.79 Å². The zero-order valence-electron chi connectivity index (χ0n) is 17.1. The minimum atomic E-state index is -0.607. The molecule has 1 heterocycles. The number of rotatable bonds is 7. The Labute approximate surface area is 173 Å². The molecule has 3 N–H and O–H groups in total. The minimum Gasteiger partial charge on any atom is -0.352 e. The molecule has 0 bridgehead atoms. The van der Waals surface area contributed by atoms with Crippen molar-refractivity contribution in [1.82, 2.24) is 10.2 Å². The quantitative estimate of drug-likeness (QED) is 0.747. The Bertz CT molecular complexity index is 814. The summed E-state index contributed by atoms with van der Waals surface area (Å²) in [5, 5.41) is 2.73. The molecule has 2 aromatic rings. The number of hydrogen-bond donors (Lipinski definition) is 2. The van der Waals surface area contributed by atoms with Crippen LogP contribution in [-0.2, 0) is 11.2 Å². The summed E-state index contributed by atoms with van der Waals surface area (Å²) in [7, 11) is 0. The second-order valence-electron chi connectivity index (χ2n) is 8.03. The summed E-state index contributed by atoms with van der Waals surface area (Å²) in [6.07, 6.45) is 4.58. The fourth-order valence-electron chi connectivity index (χ4n) is 4.10. The van der Waals surface area contributed by atoms with Crippen molar-refractivity contribution in [2.45, 2.75) is 45.1 Å². The number of benzene rings is 2. The number of likely N-dealkylation sites (tertiary alicyclic amines) is 1. The maximum Gasteiger partial charge on any atom is 0.312 e. The van der Waals surface area contributed by atoms with Crippen molar-refractivity contribution in [3.63, 3.8) is 0 Å². The molecule has 1 unspecified atom stereocenters. The van der Waals surface area contributed by atoms with Crippen molar-refractivity contribution in [2.24, 2.45) is 11.7 Å². The van der Waals surface area contributed by atoms with Crippen molar-refractivity contribution in [1.29, 1.82) is 0 Å². The number of nitrogens with two attached hydrogens (primary N) is 1. The van der Waals surface area contributed by atoms with Gasteiger partial charge in [0.1, 0.15) is 0 Å². The Balaban J connectivity index is 1.51. The van der Waals surface area contributed by atoms with Gasteiger partial charge >= 0.3 is 6.03 Å². The molecule has 154 valence electrons. The van der Waals surface area contributed by atoms with Gasteiger partial charge in [-0.1, -0.05) is 60.2 Å². The smallest absolute Gasteiger partial charge is 0.312 e. The van der Waals surface area contributed by atoms with E-state index in [2.05, 4.69) is 29.6 Å². The van der Waals surface area contributed by atoms with Crippen LogP contribution in [0.1, 0.15) is 48.4 Å². The van der Waals surface area contributed by atoms with Gasteiger partial charge in [0.25, 0.3) is 0 Å². The average Bonchev–Trinajstić information content (AvgIpc) is 2.72. The van der Waals surface area contributed by atoms with Crippen LogP contribution >= 0.6 is 0 Å². The van der Waals surface area contributed by atoms with E-state index in [1.807, 2.05) is 42.2 Å². The number of urea groups is 1. The lowest BCUT2D eigenvalue weighted by Gasteiger charge is -2.33. The van der Waals surface area contributed by atoms with Gasteiger partial charge in [-0.05, 0) is 49.7 Å². The molecule has 5 nitrogen and oxygen atoms in total. The number of primary amides is 1. The number of nitrogens with one attached hydrogen (secondary N) is 1. The first kappa shape index (κ1) is 20.9. The van der Waals surface area contributed by atoms with E-state index in [1.54, 1.807) is 0 Å². The Morgan fingerprint density at radius 1 is 1.10 bits per heavy atom. The molecule has 0 aromatic heterocycles. The molecule has 0 spiro atoms. The lowest BCUT2D eigenvalue weighted by molar-refractivity contribution is -0.133. The van der Waals surface area contributed by atoms with Crippen LogP contribution in [0.3, 0.4) is 0 Å². The maximum atomic E-state index is 12.9. The number of aryl methyl sites for hydroxylation is 2. The first-order chi connectivity index (χ1) is 14.0. The molecule has 1 aliphatic heterocycles. The number of hydrogen-bond acceptors (Lipinski definition) is 2. The molecule has 3 rings (SSSR count). The fraction of sp³-hybridized carbons (Fsp3) is 0.417. The zero-order chi connectivity index (χ0) is 20.6. The van der Waals surface area contributed by atoms with E-state index in [0.29, 0.717) is 5.92 Å². The van der Waals surface area contributed by atoms with Gasteiger partial charge in [0.05, 0.1) is 12.5 Å². The summed E-state index contributed by atoms with van der Waals surface area (Å²) in [6.45, 7) is 3.57. The summed E-state index contributed by atoms with van der Waals surface area (Å²) < 4.78 is 0. The molecule has 0 aliphatic carbocycles. The highest BCUT2D eigenvalue weighted by atomic mass is 16.2. The van der Waals surface area contributed by atoms with Crippen molar-refractivity contribution >= 4 is 11.9 Å². The van der Waals surface area contributed by atoms with Crippen molar-refractivity contribution in [3.05, 3.63) is 71.3 Å². The molecule has 1 saturated heterocycles. The molecule has 29 heavy (non-hydrogen) atoms. The molecular formula is C24H31N3O2. The van der Waals surface area contributed by atoms with Crippen LogP contribution in [-0.4, -0.2) is 29.9 Å². The predicted molar refractivity (Wildman–Crippen MR) is 115 cm³/mol. The van der Waals surface area contributed by atoms with Crippen molar-refractivity contribution in [3.8, 4) is 0 Å². The Hall–Kier alpha value is -2.82. The third kappa shape index (κ3) is 6.34. The first-order valence-corrected chi connectivity index (χ1v) is 10.5. The number of piperidine rings is 1. The van der Waals surface area contributed by atoms with Crippen LogP contribution in [0.15, 0.2) is 54.6 Å². The summed E-state index contributed by atoms with van der Waals surface area (Å²) in [5.74, 6) is 0.738. The Morgan fingerprint density at radius 2 is 1.83 bits per heavy atom. The molecule has 2 aromatic carbocycles. The number of carbonyl (C=O) groups excluding carboxylic acids is 2. The van der Waals surface area contributed by atoms with Crippen molar-refractivity contribution in [2.75, 3.05) is 13.1 Å². The second-order valence-corrected chi connectivity index (χ2v) is 8.03. The minimum absolute atomic E-state index is 0.0757. The van der Waals surface area contributed by atoms with E-state index >= 15 is 0 Å². The highest BCUT2D eigenvalue weighted by Gasteiger charge is 2.26. The number of nitrogens with zero attached hydrogens (tertiary/aromatic N) is 1. The number of amides is 3. The topological polar surface area (TPSA) is 75.4 Å². The van der Waals surface area contributed by atoms with Crippen LogP contribution in [0.25, 0.3) is 0 Å². The highest BCUT2D eigenvalue weighted by Crippen LogP contribution is 2.25. The van der Waals surface area contributed by atoms with Crippen LogP contribution in [0.5, 0.6) is 0 Å². The summed E-state index contributed by atoms with van der Waals surface area (Å²) >= 11 is 0.